The van der Waals surface area contributed by atoms with E-state index in [1.165, 1.54) is 18.1 Å². The molecule has 0 saturated carbocycles. The van der Waals surface area contributed by atoms with E-state index in [0.29, 0.717) is 5.65 Å². The maximum absolute atomic E-state index is 12.6. The molecular weight excluding hydrogens is 464 g/mol. The first kappa shape index (κ1) is 22.1. The molecule has 0 radical (unpaired) electrons. The maximum atomic E-state index is 12.6. The van der Waals surface area contributed by atoms with Gasteiger partial charge in [-0.25, -0.2) is 19.6 Å². The summed E-state index contributed by atoms with van der Waals surface area (Å²) in [6, 6.07) is 23.5. The monoisotopic (exact) mass is 484 g/mol. The fraction of sp³-hybridized carbons (Fsp3) is 0.0800. The van der Waals surface area contributed by atoms with E-state index >= 15 is 0 Å². The van der Waals surface area contributed by atoms with Crippen LogP contribution in [0.25, 0.3) is 16.7 Å². The Hall–Kier alpha value is -3.69. The van der Waals surface area contributed by atoms with Gasteiger partial charge in [0.05, 0.1) is 28.0 Å². The third-order valence-corrected chi connectivity index (χ3v) is 6.93. The van der Waals surface area contributed by atoms with Crippen molar-refractivity contribution in [2.24, 2.45) is 0 Å². The molecule has 5 rings (SSSR count). The fourth-order valence-corrected chi connectivity index (χ4v) is 4.92. The molecule has 0 fully saturated rings. The molecule has 0 unspecified atom stereocenters. The number of fused-ring (bicyclic) bond motifs is 1. The van der Waals surface area contributed by atoms with Crippen LogP contribution in [0.2, 0.25) is 0 Å². The zero-order valence-corrected chi connectivity index (χ0v) is 19.7. The minimum absolute atomic E-state index is 0.0956. The number of nitrogens with one attached hydrogen (secondary N) is 1. The van der Waals surface area contributed by atoms with Crippen LogP contribution in [-0.4, -0.2) is 36.4 Å². The molecule has 34 heavy (non-hydrogen) atoms. The van der Waals surface area contributed by atoms with E-state index in [1.54, 1.807) is 28.8 Å². The van der Waals surface area contributed by atoms with E-state index < -0.39 is 0 Å². The highest BCUT2D eigenvalue weighted by molar-refractivity contribution is 8.00. The van der Waals surface area contributed by atoms with Crippen LogP contribution >= 0.6 is 23.5 Å². The number of carbonyl (C=O) groups is 1. The van der Waals surface area contributed by atoms with E-state index in [2.05, 4.69) is 25.4 Å². The minimum Gasteiger partial charge on any atom is -0.325 e. The normalized spacial score (nSPS) is 10.9. The van der Waals surface area contributed by atoms with E-state index in [4.69, 9.17) is 0 Å². The average Bonchev–Trinajstić information content (AvgIpc) is 3.32. The zero-order valence-electron chi connectivity index (χ0n) is 18.0. The number of benzene rings is 2. The lowest BCUT2D eigenvalue weighted by atomic mass is 10.2. The van der Waals surface area contributed by atoms with Crippen LogP contribution in [0.5, 0.6) is 0 Å². The molecule has 0 aliphatic heterocycles. The minimum atomic E-state index is -0.0956. The van der Waals surface area contributed by atoms with Crippen molar-refractivity contribution in [2.75, 3.05) is 11.1 Å². The summed E-state index contributed by atoms with van der Waals surface area (Å²) >= 11 is 3.03. The zero-order chi connectivity index (χ0) is 23.2. The van der Waals surface area contributed by atoms with Gasteiger partial charge in [-0.2, -0.15) is 5.10 Å². The molecule has 9 heteroatoms. The Morgan fingerprint density at radius 3 is 2.65 bits per heavy atom. The van der Waals surface area contributed by atoms with Gasteiger partial charge in [0.25, 0.3) is 0 Å². The van der Waals surface area contributed by atoms with Gasteiger partial charge in [0.15, 0.2) is 5.65 Å². The predicted molar refractivity (Wildman–Crippen MR) is 136 cm³/mol. The van der Waals surface area contributed by atoms with Gasteiger partial charge in [0, 0.05) is 17.6 Å². The number of thioether (sulfide) groups is 2. The molecule has 3 heterocycles. The van der Waals surface area contributed by atoms with Crippen LogP contribution in [0.1, 0.15) is 5.56 Å². The SMILES string of the molecule is O=C(CSc1ncnc2c1cnn2-c1ccccc1)Nc1cccc(CSc2ccccn2)c1. The Labute approximate surface area is 205 Å². The number of amides is 1. The molecule has 2 aromatic carbocycles. The first-order chi connectivity index (χ1) is 16.8. The number of pyridine rings is 1. The first-order valence-corrected chi connectivity index (χ1v) is 12.5. The Bertz CT molecular complexity index is 1410. The second kappa shape index (κ2) is 10.5. The lowest BCUT2D eigenvalue weighted by Gasteiger charge is -2.08. The van der Waals surface area contributed by atoms with Crippen molar-refractivity contribution in [2.45, 2.75) is 15.8 Å². The molecule has 3 aromatic heterocycles. The quantitative estimate of drug-likeness (QED) is 0.238. The fourth-order valence-electron chi connectivity index (χ4n) is 3.36. The second-order valence-electron chi connectivity index (χ2n) is 7.30. The Morgan fingerprint density at radius 1 is 0.912 bits per heavy atom. The van der Waals surface area contributed by atoms with Crippen LogP contribution in [-0.2, 0) is 10.5 Å². The summed E-state index contributed by atoms with van der Waals surface area (Å²) in [6.07, 6.45) is 5.03. The van der Waals surface area contributed by atoms with Gasteiger partial charge in [-0.1, -0.05) is 48.2 Å². The molecular formula is C25H20N6OS2. The molecule has 0 saturated heterocycles. The number of aromatic nitrogens is 5. The van der Waals surface area contributed by atoms with Crippen molar-refractivity contribution in [3.63, 3.8) is 0 Å². The summed E-state index contributed by atoms with van der Waals surface area (Å²) in [6.45, 7) is 0. The standard InChI is InChI=1S/C25H20N6OS2/c32-22(30-19-8-6-7-18(13-19)15-33-23-11-4-5-12-26-23)16-34-25-21-14-29-31(24(21)27-17-28-25)20-9-2-1-3-10-20/h1-14,17H,15-16H2,(H,30,32). The highest BCUT2D eigenvalue weighted by atomic mass is 32.2. The molecule has 168 valence electrons. The molecule has 0 spiro atoms. The molecule has 0 aliphatic carbocycles. The summed E-state index contributed by atoms with van der Waals surface area (Å²) in [5.74, 6) is 0.914. The van der Waals surface area contributed by atoms with E-state index in [9.17, 15) is 4.79 Å². The largest absolute Gasteiger partial charge is 0.325 e. The third kappa shape index (κ3) is 5.27. The van der Waals surface area contributed by atoms with Crippen molar-refractivity contribution >= 4 is 46.2 Å². The van der Waals surface area contributed by atoms with E-state index in [0.717, 1.165) is 38.1 Å². The smallest absolute Gasteiger partial charge is 0.234 e. The van der Waals surface area contributed by atoms with Gasteiger partial charge >= 0.3 is 0 Å². The van der Waals surface area contributed by atoms with Crippen molar-refractivity contribution in [3.8, 4) is 5.69 Å². The summed E-state index contributed by atoms with van der Waals surface area (Å²) in [4.78, 5) is 25.7. The Balaban J connectivity index is 1.22. The molecule has 1 amide bonds. The van der Waals surface area contributed by atoms with Crippen LogP contribution in [0.4, 0.5) is 5.69 Å². The van der Waals surface area contributed by atoms with Gasteiger partial charge in [0.2, 0.25) is 5.91 Å². The lowest BCUT2D eigenvalue weighted by Crippen LogP contribution is -2.14. The van der Waals surface area contributed by atoms with Gasteiger partial charge < -0.3 is 5.32 Å². The number of hydrogen-bond acceptors (Lipinski definition) is 7. The summed E-state index contributed by atoms with van der Waals surface area (Å²) < 4.78 is 1.77. The summed E-state index contributed by atoms with van der Waals surface area (Å²) in [5, 5.41) is 9.96. The van der Waals surface area contributed by atoms with Gasteiger partial charge in [0.1, 0.15) is 11.4 Å². The summed E-state index contributed by atoms with van der Waals surface area (Å²) in [7, 11) is 0. The number of rotatable bonds is 8. The van der Waals surface area contributed by atoms with Gasteiger partial charge in [-0.05, 0) is 42.0 Å². The van der Waals surface area contributed by atoms with E-state index in [-0.39, 0.29) is 11.7 Å². The molecule has 0 atom stereocenters. The molecule has 0 aliphatic rings. The highest BCUT2D eigenvalue weighted by Crippen LogP contribution is 2.26. The van der Waals surface area contributed by atoms with Crippen LogP contribution < -0.4 is 5.32 Å². The van der Waals surface area contributed by atoms with Crippen molar-refractivity contribution in [1.29, 1.82) is 0 Å². The number of hydrogen-bond donors (Lipinski definition) is 1. The second-order valence-corrected chi connectivity index (χ2v) is 9.26. The van der Waals surface area contributed by atoms with Crippen LogP contribution in [0.3, 0.4) is 0 Å². The Kier molecular flexibility index (Phi) is 6.83. The van der Waals surface area contributed by atoms with Crippen molar-refractivity contribution in [1.82, 2.24) is 24.7 Å². The number of para-hydroxylation sites is 1. The predicted octanol–water partition coefficient (Wildman–Crippen LogP) is 5.23. The summed E-state index contributed by atoms with van der Waals surface area (Å²) in [5.41, 5.74) is 3.52. The van der Waals surface area contributed by atoms with Gasteiger partial charge in [-0.15, -0.1) is 11.8 Å². The molecule has 1 N–H and O–H groups in total. The number of carbonyl (C=O) groups excluding carboxylic acids is 1. The molecule has 5 aromatic rings. The number of anilines is 1. The van der Waals surface area contributed by atoms with E-state index in [1.807, 2.05) is 72.8 Å². The average molecular weight is 485 g/mol. The topological polar surface area (TPSA) is 85.6 Å². The van der Waals surface area contributed by atoms with Crippen molar-refractivity contribution < 1.29 is 4.79 Å². The van der Waals surface area contributed by atoms with Gasteiger partial charge in [-0.3, -0.25) is 4.79 Å². The highest BCUT2D eigenvalue weighted by Gasteiger charge is 2.13. The Morgan fingerprint density at radius 2 is 1.79 bits per heavy atom. The third-order valence-electron chi connectivity index (χ3n) is 4.91. The van der Waals surface area contributed by atoms with Crippen LogP contribution in [0, 0.1) is 0 Å². The number of nitrogens with zero attached hydrogens (tertiary/aromatic N) is 5. The molecule has 7 nitrogen and oxygen atoms in total. The lowest BCUT2D eigenvalue weighted by molar-refractivity contribution is -0.113. The maximum Gasteiger partial charge on any atom is 0.234 e. The van der Waals surface area contributed by atoms with Crippen molar-refractivity contribution in [3.05, 3.63) is 97.1 Å². The first-order valence-electron chi connectivity index (χ1n) is 10.6. The van der Waals surface area contributed by atoms with Crippen LogP contribution in [0.15, 0.2) is 102 Å². The molecule has 0 bridgehead atoms.